The van der Waals surface area contributed by atoms with Crippen LogP contribution in [0.1, 0.15) is 39.8 Å². The Bertz CT molecular complexity index is 440. The van der Waals surface area contributed by atoms with E-state index >= 15 is 0 Å². The van der Waals surface area contributed by atoms with Crippen molar-refractivity contribution in [3.05, 3.63) is 28.1 Å². The van der Waals surface area contributed by atoms with Gasteiger partial charge in [-0.2, -0.15) is 0 Å². The highest BCUT2D eigenvalue weighted by atomic mass is 16.5. The maximum atomic E-state index is 11.7. The van der Waals surface area contributed by atoms with Gasteiger partial charge in [-0.05, 0) is 31.9 Å². The summed E-state index contributed by atoms with van der Waals surface area (Å²) >= 11 is 0. The van der Waals surface area contributed by atoms with Gasteiger partial charge in [-0.15, -0.1) is 0 Å². The van der Waals surface area contributed by atoms with E-state index in [9.17, 15) is 4.79 Å². The minimum Gasteiger partial charge on any atom is -0.461 e. The van der Waals surface area contributed by atoms with Gasteiger partial charge in [-0.3, -0.25) is 0 Å². The Labute approximate surface area is 94.6 Å². The number of aromatic nitrogens is 1. The second kappa shape index (κ2) is 4.22. The average molecular weight is 221 g/mol. The number of hydrogen-bond donors (Lipinski definition) is 0. The summed E-state index contributed by atoms with van der Waals surface area (Å²) in [5.74, 6) is -0.349. The summed E-state index contributed by atoms with van der Waals surface area (Å²) in [6.07, 6.45) is 0. The Kier molecular flexibility index (Phi) is 2.92. The largest absolute Gasteiger partial charge is 0.461 e. The lowest BCUT2D eigenvalue weighted by Crippen LogP contribution is -2.12. The maximum Gasteiger partial charge on any atom is 0.357 e. The van der Waals surface area contributed by atoms with Crippen molar-refractivity contribution in [1.82, 2.24) is 4.98 Å². The SMILES string of the molecule is CCOC(=O)c1nc(C)c2c(c1C)COC2. The Morgan fingerprint density at radius 1 is 1.38 bits per heavy atom. The van der Waals surface area contributed by atoms with Crippen LogP contribution in [0.3, 0.4) is 0 Å². The fraction of sp³-hybridized carbons (Fsp3) is 0.500. The molecule has 0 N–H and O–H groups in total. The first-order valence-electron chi connectivity index (χ1n) is 5.39. The zero-order chi connectivity index (χ0) is 11.7. The van der Waals surface area contributed by atoms with Crippen LogP contribution in [0.4, 0.5) is 0 Å². The summed E-state index contributed by atoms with van der Waals surface area (Å²) in [6, 6.07) is 0. The molecule has 0 atom stereocenters. The van der Waals surface area contributed by atoms with Crippen molar-refractivity contribution in [3.8, 4) is 0 Å². The maximum absolute atomic E-state index is 11.7. The molecule has 0 amide bonds. The van der Waals surface area contributed by atoms with E-state index in [1.807, 2.05) is 13.8 Å². The number of hydrogen-bond acceptors (Lipinski definition) is 4. The predicted molar refractivity (Wildman–Crippen MR) is 58.2 cm³/mol. The molecule has 0 aromatic carbocycles. The third kappa shape index (κ3) is 1.69. The number of carbonyl (C=O) groups is 1. The van der Waals surface area contributed by atoms with Crippen LogP contribution in [-0.2, 0) is 22.7 Å². The zero-order valence-electron chi connectivity index (χ0n) is 9.79. The van der Waals surface area contributed by atoms with Crippen LogP contribution in [-0.4, -0.2) is 17.6 Å². The number of fused-ring (bicyclic) bond motifs is 1. The minimum absolute atomic E-state index is 0.349. The third-order valence-electron chi connectivity index (χ3n) is 2.85. The lowest BCUT2D eigenvalue weighted by Gasteiger charge is -2.10. The molecule has 0 radical (unpaired) electrons. The molecule has 16 heavy (non-hydrogen) atoms. The Morgan fingerprint density at radius 2 is 2.06 bits per heavy atom. The molecule has 0 bridgehead atoms. The standard InChI is InChI=1S/C12H15NO3/c1-4-16-12(14)11-7(2)9-5-15-6-10(9)8(3)13-11/h4-6H2,1-3H3. The van der Waals surface area contributed by atoms with E-state index in [4.69, 9.17) is 9.47 Å². The van der Waals surface area contributed by atoms with Gasteiger partial charge in [0.05, 0.1) is 19.8 Å². The van der Waals surface area contributed by atoms with Crippen molar-refractivity contribution in [2.75, 3.05) is 6.61 Å². The molecule has 2 heterocycles. The number of aryl methyl sites for hydroxylation is 1. The molecule has 4 nitrogen and oxygen atoms in total. The Morgan fingerprint density at radius 3 is 2.75 bits per heavy atom. The minimum atomic E-state index is -0.349. The molecular formula is C12H15NO3. The van der Waals surface area contributed by atoms with Gasteiger partial charge in [-0.1, -0.05) is 0 Å². The summed E-state index contributed by atoms with van der Waals surface area (Å²) in [4.78, 5) is 16.0. The van der Waals surface area contributed by atoms with Gasteiger partial charge in [0.2, 0.25) is 0 Å². The van der Waals surface area contributed by atoms with Crippen molar-refractivity contribution in [3.63, 3.8) is 0 Å². The van der Waals surface area contributed by atoms with Crippen LogP contribution in [0.15, 0.2) is 0 Å². The monoisotopic (exact) mass is 221 g/mol. The molecule has 0 unspecified atom stereocenters. The van der Waals surface area contributed by atoms with Crippen molar-refractivity contribution < 1.29 is 14.3 Å². The highest BCUT2D eigenvalue weighted by Crippen LogP contribution is 2.27. The number of pyridine rings is 1. The van der Waals surface area contributed by atoms with Gasteiger partial charge >= 0.3 is 5.97 Å². The molecule has 4 heteroatoms. The van der Waals surface area contributed by atoms with Crippen molar-refractivity contribution >= 4 is 5.97 Å². The quantitative estimate of drug-likeness (QED) is 0.716. The van der Waals surface area contributed by atoms with E-state index in [0.29, 0.717) is 25.5 Å². The molecule has 1 aliphatic rings. The van der Waals surface area contributed by atoms with Crippen LogP contribution in [0.25, 0.3) is 0 Å². The van der Waals surface area contributed by atoms with E-state index in [1.165, 1.54) is 0 Å². The first kappa shape index (κ1) is 11.1. The van der Waals surface area contributed by atoms with Crippen LogP contribution in [0.2, 0.25) is 0 Å². The molecule has 2 rings (SSSR count). The van der Waals surface area contributed by atoms with Gasteiger partial charge in [0.25, 0.3) is 0 Å². The van der Waals surface area contributed by atoms with Gasteiger partial charge in [0.15, 0.2) is 5.69 Å². The molecular weight excluding hydrogens is 206 g/mol. The van der Waals surface area contributed by atoms with E-state index in [1.54, 1.807) is 6.92 Å². The summed E-state index contributed by atoms with van der Waals surface area (Å²) < 4.78 is 10.4. The average Bonchev–Trinajstić information content (AvgIpc) is 2.73. The molecule has 1 aromatic rings. The molecule has 1 aromatic heterocycles. The molecule has 0 spiro atoms. The van der Waals surface area contributed by atoms with E-state index in [2.05, 4.69) is 4.98 Å². The summed E-state index contributed by atoms with van der Waals surface area (Å²) in [5.41, 5.74) is 4.38. The summed E-state index contributed by atoms with van der Waals surface area (Å²) in [7, 11) is 0. The molecule has 0 aliphatic carbocycles. The Balaban J connectivity index is 2.48. The van der Waals surface area contributed by atoms with Crippen LogP contribution >= 0.6 is 0 Å². The molecule has 0 fully saturated rings. The third-order valence-corrected chi connectivity index (χ3v) is 2.85. The van der Waals surface area contributed by atoms with Gasteiger partial charge in [0, 0.05) is 11.3 Å². The highest BCUT2D eigenvalue weighted by molar-refractivity contribution is 5.89. The lowest BCUT2D eigenvalue weighted by atomic mass is 10.0. The normalized spacial score (nSPS) is 13.7. The fourth-order valence-corrected chi connectivity index (χ4v) is 1.95. The second-order valence-corrected chi connectivity index (χ2v) is 3.84. The molecule has 0 saturated heterocycles. The number of nitrogens with zero attached hydrogens (tertiary/aromatic N) is 1. The van der Waals surface area contributed by atoms with Gasteiger partial charge in [-0.25, -0.2) is 9.78 Å². The summed E-state index contributed by atoms with van der Waals surface area (Å²) in [6.45, 7) is 7.11. The van der Waals surface area contributed by atoms with Crippen LogP contribution in [0, 0.1) is 13.8 Å². The van der Waals surface area contributed by atoms with Crippen molar-refractivity contribution in [2.24, 2.45) is 0 Å². The highest BCUT2D eigenvalue weighted by Gasteiger charge is 2.23. The number of ether oxygens (including phenoxy) is 2. The van der Waals surface area contributed by atoms with Gasteiger partial charge in [0.1, 0.15) is 0 Å². The van der Waals surface area contributed by atoms with Crippen molar-refractivity contribution in [2.45, 2.75) is 34.0 Å². The predicted octanol–water partition coefficient (Wildman–Crippen LogP) is 1.91. The van der Waals surface area contributed by atoms with Crippen LogP contribution < -0.4 is 0 Å². The molecule has 86 valence electrons. The van der Waals surface area contributed by atoms with E-state index < -0.39 is 0 Å². The zero-order valence-corrected chi connectivity index (χ0v) is 9.79. The summed E-state index contributed by atoms with van der Waals surface area (Å²) in [5, 5.41) is 0. The van der Waals surface area contributed by atoms with Crippen LogP contribution in [0.5, 0.6) is 0 Å². The van der Waals surface area contributed by atoms with E-state index in [-0.39, 0.29) is 5.97 Å². The number of rotatable bonds is 2. The smallest absolute Gasteiger partial charge is 0.357 e. The Hall–Kier alpha value is -1.42. The van der Waals surface area contributed by atoms with E-state index in [0.717, 1.165) is 22.4 Å². The van der Waals surface area contributed by atoms with Gasteiger partial charge < -0.3 is 9.47 Å². The van der Waals surface area contributed by atoms with Crippen molar-refractivity contribution in [1.29, 1.82) is 0 Å². The second-order valence-electron chi connectivity index (χ2n) is 3.84. The fourth-order valence-electron chi connectivity index (χ4n) is 1.95. The first-order chi connectivity index (χ1) is 7.65. The number of carbonyl (C=O) groups excluding carboxylic acids is 1. The lowest BCUT2D eigenvalue weighted by molar-refractivity contribution is 0.0518. The number of esters is 1. The first-order valence-corrected chi connectivity index (χ1v) is 5.39. The molecule has 0 saturated carbocycles. The topological polar surface area (TPSA) is 48.4 Å². The molecule has 1 aliphatic heterocycles.